The first-order chi connectivity index (χ1) is 6.92. The van der Waals surface area contributed by atoms with Crippen molar-refractivity contribution in [3.63, 3.8) is 0 Å². The van der Waals surface area contributed by atoms with Gasteiger partial charge in [0.15, 0.2) is 0 Å². The lowest BCUT2D eigenvalue weighted by atomic mass is 10.0. The molecule has 0 aromatic heterocycles. The van der Waals surface area contributed by atoms with E-state index in [0.29, 0.717) is 24.6 Å². The molecule has 0 saturated carbocycles. The molecule has 0 spiro atoms. The normalized spacial score (nSPS) is 16.1. The molecule has 0 saturated heterocycles. The van der Waals surface area contributed by atoms with Gasteiger partial charge in [0.05, 0.1) is 5.84 Å². The molecule has 0 rings (SSSR count). The second-order valence-corrected chi connectivity index (χ2v) is 4.50. The Balaban J connectivity index is 3.84. The minimum atomic E-state index is -1.12. The third kappa shape index (κ3) is 5.64. The number of nitrogens with two attached hydrogens (primary N) is 2. The number of amidine groups is 1. The fourth-order valence-corrected chi connectivity index (χ4v) is 1.91. The Morgan fingerprint density at radius 3 is 2.60 bits per heavy atom. The Morgan fingerprint density at radius 1 is 1.60 bits per heavy atom. The van der Waals surface area contributed by atoms with Gasteiger partial charge in [-0.2, -0.15) is 11.8 Å². The third-order valence-corrected chi connectivity index (χ3v) is 3.20. The van der Waals surface area contributed by atoms with Crippen LogP contribution in [0.5, 0.6) is 0 Å². The van der Waals surface area contributed by atoms with Gasteiger partial charge in [-0.3, -0.25) is 9.79 Å². The van der Waals surface area contributed by atoms with Crippen molar-refractivity contribution in [2.24, 2.45) is 16.5 Å². The summed E-state index contributed by atoms with van der Waals surface area (Å²) >= 11 is 1.49. The summed E-state index contributed by atoms with van der Waals surface area (Å²) in [6, 6.07) is 0. The molecule has 15 heavy (non-hydrogen) atoms. The van der Waals surface area contributed by atoms with Crippen molar-refractivity contribution in [3.05, 3.63) is 0 Å². The summed E-state index contributed by atoms with van der Waals surface area (Å²) in [4.78, 5) is 14.8. The van der Waals surface area contributed by atoms with Gasteiger partial charge in [0.25, 0.3) is 0 Å². The van der Waals surface area contributed by atoms with E-state index in [1.165, 1.54) is 11.8 Å². The number of hydrogen-bond acceptors (Lipinski definition) is 4. The average Bonchev–Trinajstić information content (AvgIpc) is 2.16. The molecule has 0 aromatic carbocycles. The van der Waals surface area contributed by atoms with Gasteiger partial charge >= 0.3 is 5.97 Å². The van der Waals surface area contributed by atoms with Crippen molar-refractivity contribution in [2.45, 2.75) is 25.8 Å². The van der Waals surface area contributed by atoms with Crippen molar-refractivity contribution in [3.8, 4) is 0 Å². The van der Waals surface area contributed by atoms with E-state index in [9.17, 15) is 4.79 Å². The van der Waals surface area contributed by atoms with Gasteiger partial charge in [-0.1, -0.05) is 6.92 Å². The molecule has 0 bridgehead atoms. The Morgan fingerprint density at radius 2 is 2.20 bits per heavy atom. The molecule has 0 heterocycles. The predicted octanol–water partition coefficient (Wildman–Crippen LogP) is 0.289. The maximum absolute atomic E-state index is 10.8. The fraction of sp³-hybridized carbons (Fsp3) is 0.778. The van der Waals surface area contributed by atoms with Crippen LogP contribution < -0.4 is 11.5 Å². The zero-order valence-electron chi connectivity index (χ0n) is 9.19. The number of rotatable bonds is 7. The Hall–Kier alpha value is -0.750. The van der Waals surface area contributed by atoms with Gasteiger partial charge in [-0.15, -0.1) is 0 Å². The first-order valence-electron chi connectivity index (χ1n) is 4.79. The van der Waals surface area contributed by atoms with Crippen molar-refractivity contribution in [2.75, 3.05) is 18.1 Å². The average molecular weight is 233 g/mol. The van der Waals surface area contributed by atoms with Gasteiger partial charge in [0.2, 0.25) is 0 Å². The van der Waals surface area contributed by atoms with E-state index >= 15 is 0 Å². The van der Waals surface area contributed by atoms with Crippen LogP contribution in [-0.4, -0.2) is 40.5 Å². The van der Waals surface area contributed by atoms with E-state index in [4.69, 9.17) is 16.6 Å². The number of carboxylic acids is 1. The highest BCUT2D eigenvalue weighted by atomic mass is 32.2. The quantitative estimate of drug-likeness (QED) is 0.333. The van der Waals surface area contributed by atoms with E-state index < -0.39 is 11.5 Å². The minimum absolute atomic E-state index is 0.401. The van der Waals surface area contributed by atoms with Crippen LogP contribution in [0.2, 0.25) is 0 Å². The molecule has 0 aromatic rings. The van der Waals surface area contributed by atoms with Gasteiger partial charge in [0.1, 0.15) is 5.54 Å². The smallest absolute Gasteiger partial charge is 0.324 e. The molecular formula is C9H19N3O2S. The molecule has 0 aliphatic carbocycles. The van der Waals surface area contributed by atoms with Gasteiger partial charge < -0.3 is 16.6 Å². The Bertz CT molecular complexity index is 242. The van der Waals surface area contributed by atoms with Crippen LogP contribution in [0.25, 0.3) is 0 Å². The van der Waals surface area contributed by atoms with E-state index in [-0.39, 0.29) is 0 Å². The van der Waals surface area contributed by atoms with Crippen LogP contribution in [0.3, 0.4) is 0 Å². The number of nitrogens with zero attached hydrogens (tertiary/aromatic N) is 1. The van der Waals surface area contributed by atoms with E-state index in [1.807, 2.05) is 0 Å². The van der Waals surface area contributed by atoms with Gasteiger partial charge in [-0.25, -0.2) is 0 Å². The monoisotopic (exact) mass is 233 g/mol. The topological polar surface area (TPSA) is 102 Å². The summed E-state index contributed by atoms with van der Waals surface area (Å²) in [5, 5.41) is 8.89. The van der Waals surface area contributed by atoms with Crippen molar-refractivity contribution >= 4 is 23.6 Å². The number of thioether (sulfide) groups is 1. The molecule has 1 atom stereocenters. The molecule has 0 fully saturated rings. The minimum Gasteiger partial charge on any atom is -0.480 e. The SMILES string of the molecule is CC[C@](N)(CSCCN=C(C)N)C(=O)O. The van der Waals surface area contributed by atoms with Gasteiger partial charge in [0, 0.05) is 18.1 Å². The number of hydrogen-bond donors (Lipinski definition) is 3. The fourth-order valence-electron chi connectivity index (χ4n) is 0.856. The zero-order valence-corrected chi connectivity index (χ0v) is 10.0. The van der Waals surface area contributed by atoms with Crippen LogP contribution in [-0.2, 0) is 4.79 Å². The molecular weight excluding hydrogens is 214 g/mol. The highest BCUT2D eigenvalue weighted by Crippen LogP contribution is 2.14. The summed E-state index contributed by atoms with van der Waals surface area (Å²) < 4.78 is 0. The Labute approximate surface area is 94.3 Å². The standard InChI is InChI=1S/C9H19N3O2S/c1-3-9(11,8(13)14)6-15-5-4-12-7(2)10/h3-6,11H2,1-2H3,(H2,10,12)(H,13,14)/t9-/m0/s1. The lowest BCUT2D eigenvalue weighted by Crippen LogP contribution is -2.49. The maximum atomic E-state index is 10.8. The van der Waals surface area contributed by atoms with E-state index in [0.717, 1.165) is 5.75 Å². The molecule has 0 amide bonds. The number of aliphatic carboxylic acids is 1. The molecule has 0 unspecified atom stereocenters. The largest absolute Gasteiger partial charge is 0.480 e. The second kappa shape index (κ2) is 6.68. The predicted molar refractivity (Wildman–Crippen MR) is 64.3 cm³/mol. The molecule has 0 aliphatic rings. The second-order valence-electron chi connectivity index (χ2n) is 3.39. The van der Waals surface area contributed by atoms with Crippen LogP contribution in [0.15, 0.2) is 4.99 Å². The molecule has 0 radical (unpaired) electrons. The van der Waals surface area contributed by atoms with E-state index in [1.54, 1.807) is 13.8 Å². The first kappa shape index (κ1) is 14.2. The molecule has 5 N–H and O–H groups in total. The third-order valence-electron chi connectivity index (χ3n) is 2.01. The summed E-state index contributed by atoms with van der Waals surface area (Å²) in [5.41, 5.74) is 9.94. The lowest BCUT2D eigenvalue weighted by Gasteiger charge is -2.21. The summed E-state index contributed by atoms with van der Waals surface area (Å²) in [6.07, 6.45) is 0.425. The Kier molecular flexibility index (Phi) is 6.35. The number of carboxylic acid groups (broad SMARTS) is 1. The van der Waals surface area contributed by atoms with Gasteiger partial charge in [-0.05, 0) is 13.3 Å². The molecule has 0 aliphatic heterocycles. The lowest BCUT2D eigenvalue weighted by molar-refractivity contribution is -0.142. The zero-order chi connectivity index (χ0) is 11.9. The summed E-state index contributed by atoms with van der Waals surface area (Å²) in [6.45, 7) is 4.10. The molecule has 6 heteroatoms. The highest BCUT2D eigenvalue weighted by Gasteiger charge is 2.31. The summed E-state index contributed by atoms with van der Waals surface area (Å²) in [7, 11) is 0. The number of aliphatic imine (C=N–C) groups is 1. The molecule has 5 nitrogen and oxygen atoms in total. The highest BCUT2D eigenvalue weighted by molar-refractivity contribution is 7.99. The van der Waals surface area contributed by atoms with Crippen LogP contribution >= 0.6 is 11.8 Å². The van der Waals surface area contributed by atoms with Crippen molar-refractivity contribution in [1.82, 2.24) is 0 Å². The van der Waals surface area contributed by atoms with Crippen molar-refractivity contribution in [1.29, 1.82) is 0 Å². The maximum Gasteiger partial charge on any atom is 0.324 e. The van der Waals surface area contributed by atoms with Crippen molar-refractivity contribution < 1.29 is 9.90 Å². The molecule has 88 valence electrons. The summed E-state index contributed by atoms with van der Waals surface area (Å²) in [5.74, 6) is 0.734. The first-order valence-corrected chi connectivity index (χ1v) is 5.94. The van der Waals surface area contributed by atoms with E-state index in [2.05, 4.69) is 4.99 Å². The van der Waals surface area contributed by atoms with Crippen LogP contribution in [0.1, 0.15) is 20.3 Å². The van der Waals surface area contributed by atoms with Crippen LogP contribution in [0, 0.1) is 0 Å². The number of carbonyl (C=O) groups is 1. The van der Waals surface area contributed by atoms with Crippen LogP contribution in [0.4, 0.5) is 0 Å².